The molecule has 0 aromatic rings. The van der Waals surface area contributed by atoms with Gasteiger partial charge in [-0.15, -0.1) is 0 Å². The maximum atomic E-state index is 5.42. The molecule has 3 heteroatoms. The summed E-state index contributed by atoms with van der Waals surface area (Å²) >= 11 is 5.42. The van der Waals surface area contributed by atoms with Crippen LogP contribution in [0.5, 0.6) is 0 Å². The summed E-state index contributed by atoms with van der Waals surface area (Å²) in [4.78, 5) is 2.43. The van der Waals surface area contributed by atoms with Crippen molar-refractivity contribution in [3.8, 4) is 0 Å². The predicted octanol–water partition coefficient (Wildman–Crippen LogP) is 3.32. The molecule has 16 heavy (non-hydrogen) atoms. The van der Waals surface area contributed by atoms with Gasteiger partial charge in [-0.2, -0.15) is 0 Å². The monoisotopic (exact) mass is 242 g/mol. The number of rotatable bonds is 5. The van der Waals surface area contributed by atoms with Gasteiger partial charge in [0.2, 0.25) is 0 Å². The van der Waals surface area contributed by atoms with Gasteiger partial charge in [0.05, 0.1) is 0 Å². The summed E-state index contributed by atoms with van der Waals surface area (Å²) in [5.41, 5.74) is 0. The second-order valence-corrected chi connectivity index (χ2v) is 5.13. The van der Waals surface area contributed by atoms with E-state index in [1.165, 1.54) is 51.4 Å². The summed E-state index contributed by atoms with van der Waals surface area (Å²) in [7, 11) is 1.94. The molecule has 94 valence electrons. The van der Waals surface area contributed by atoms with E-state index in [1.807, 2.05) is 7.05 Å². The summed E-state index contributed by atoms with van der Waals surface area (Å²) in [5.74, 6) is 0. The number of thiocarbonyl (C=S) groups is 1. The summed E-state index contributed by atoms with van der Waals surface area (Å²) in [6, 6.07) is 0.700. The molecule has 0 atom stereocenters. The van der Waals surface area contributed by atoms with Gasteiger partial charge in [-0.25, -0.2) is 0 Å². The zero-order valence-corrected chi connectivity index (χ0v) is 11.6. The normalized spacial score (nSPS) is 17.1. The van der Waals surface area contributed by atoms with Crippen molar-refractivity contribution in [1.82, 2.24) is 10.2 Å². The Morgan fingerprint density at radius 1 is 1.25 bits per heavy atom. The van der Waals surface area contributed by atoms with Crippen molar-refractivity contribution in [3.05, 3.63) is 0 Å². The molecular formula is C13H26N2S. The second kappa shape index (κ2) is 7.88. The molecule has 0 spiro atoms. The van der Waals surface area contributed by atoms with Crippen molar-refractivity contribution >= 4 is 17.3 Å². The number of hydrogen-bond acceptors (Lipinski definition) is 1. The Labute approximate surface area is 106 Å². The van der Waals surface area contributed by atoms with Crippen LogP contribution in [0.2, 0.25) is 0 Å². The fourth-order valence-corrected chi connectivity index (χ4v) is 2.76. The first kappa shape index (κ1) is 13.8. The van der Waals surface area contributed by atoms with Crippen LogP contribution in [0.25, 0.3) is 0 Å². The molecular weight excluding hydrogens is 216 g/mol. The smallest absolute Gasteiger partial charge is 0.168 e. The number of nitrogens with zero attached hydrogens (tertiary/aromatic N) is 1. The molecule has 1 fully saturated rings. The van der Waals surface area contributed by atoms with Crippen molar-refractivity contribution in [2.45, 2.75) is 64.3 Å². The highest BCUT2D eigenvalue weighted by Crippen LogP contribution is 2.23. The van der Waals surface area contributed by atoms with E-state index in [0.717, 1.165) is 11.7 Å². The van der Waals surface area contributed by atoms with E-state index in [2.05, 4.69) is 17.1 Å². The maximum absolute atomic E-state index is 5.42. The minimum Gasteiger partial charge on any atom is -0.366 e. The third-order valence-electron chi connectivity index (χ3n) is 3.49. The molecule has 1 rings (SSSR count). The van der Waals surface area contributed by atoms with E-state index in [-0.39, 0.29) is 0 Å². The Bertz CT molecular complexity index is 200. The van der Waals surface area contributed by atoms with Crippen LogP contribution in [0.15, 0.2) is 0 Å². The van der Waals surface area contributed by atoms with E-state index >= 15 is 0 Å². The third kappa shape index (κ3) is 4.28. The highest BCUT2D eigenvalue weighted by atomic mass is 32.1. The maximum Gasteiger partial charge on any atom is 0.168 e. The first-order chi connectivity index (χ1) is 7.79. The number of hydrogen-bond donors (Lipinski definition) is 1. The van der Waals surface area contributed by atoms with Crippen LogP contribution >= 0.6 is 12.2 Å². The molecule has 1 N–H and O–H groups in total. The lowest BCUT2D eigenvalue weighted by Gasteiger charge is -2.36. The Balaban J connectivity index is 2.44. The molecule has 0 heterocycles. The molecule has 1 saturated carbocycles. The quantitative estimate of drug-likeness (QED) is 0.588. The average Bonchev–Trinajstić information content (AvgIpc) is 2.35. The molecule has 0 aliphatic heterocycles. The van der Waals surface area contributed by atoms with Crippen molar-refractivity contribution in [2.24, 2.45) is 0 Å². The topological polar surface area (TPSA) is 15.3 Å². The van der Waals surface area contributed by atoms with Crippen LogP contribution in [-0.4, -0.2) is 29.6 Å². The van der Waals surface area contributed by atoms with E-state index in [9.17, 15) is 0 Å². The second-order valence-electron chi connectivity index (χ2n) is 4.75. The third-order valence-corrected chi connectivity index (χ3v) is 3.93. The Morgan fingerprint density at radius 3 is 2.50 bits per heavy atom. The standard InChI is InChI=1S/C13H26N2S/c1-3-4-8-11-15(13(16)14-2)12-9-6-5-7-10-12/h12H,3-11H2,1-2H3,(H,14,16). The predicted molar refractivity (Wildman–Crippen MR) is 74.8 cm³/mol. The molecule has 0 saturated heterocycles. The van der Waals surface area contributed by atoms with Crippen LogP contribution < -0.4 is 5.32 Å². The lowest BCUT2D eigenvalue weighted by atomic mass is 9.94. The van der Waals surface area contributed by atoms with E-state index in [0.29, 0.717) is 6.04 Å². The molecule has 1 aliphatic rings. The molecule has 0 aromatic carbocycles. The van der Waals surface area contributed by atoms with E-state index in [1.54, 1.807) is 0 Å². The molecule has 0 amide bonds. The molecule has 0 unspecified atom stereocenters. The highest BCUT2D eigenvalue weighted by Gasteiger charge is 2.21. The lowest BCUT2D eigenvalue weighted by Crippen LogP contribution is -2.46. The van der Waals surface area contributed by atoms with Crippen molar-refractivity contribution in [2.75, 3.05) is 13.6 Å². The fraction of sp³-hybridized carbons (Fsp3) is 0.923. The minimum absolute atomic E-state index is 0.700. The SMILES string of the molecule is CCCCCN(C(=S)NC)C1CCCCC1. The van der Waals surface area contributed by atoms with Gasteiger partial charge < -0.3 is 10.2 Å². The largest absolute Gasteiger partial charge is 0.366 e. The Morgan fingerprint density at radius 2 is 1.94 bits per heavy atom. The van der Waals surface area contributed by atoms with Crippen molar-refractivity contribution in [3.63, 3.8) is 0 Å². The molecule has 0 bridgehead atoms. The lowest BCUT2D eigenvalue weighted by molar-refractivity contribution is 0.238. The Kier molecular flexibility index (Phi) is 6.78. The van der Waals surface area contributed by atoms with Gasteiger partial charge in [0.15, 0.2) is 5.11 Å². The first-order valence-corrected chi connectivity index (χ1v) is 7.18. The van der Waals surface area contributed by atoms with Gasteiger partial charge in [-0.05, 0) is 31.5 Å². The van der Waals surface area contributed by atoms with Crippen LogP contribution in [-0.2, 0) is 0 Å². The van der Waals surface area contributed by atoms with Gasteiger partial charge in [-0.3, -0.25) is 0 Å². The zero-order valence-electron chi connectivity index (χ0n) is 10.8. The van der Waals surface area contributed by atoms with Crippen LogP contribution in [0.3, 0.4) is 0 Å². The van der Waals surface area contributed by atoms with Gasteiger partial charge in [0.1, 0.15) is 0 Å². The minimum atomic E-state index is 0.700. The summed E-state index contributed by atoms with van der Waals surface area (Å²) in [6.07, 6.45) is 10.7. The van der Waals surface area contributed by atoms with Crippen LogP contribution in [0.4, 0.5) is 0 Å². The summed E-state index contributed by atoms with van der Waals surface area (Å²) < 4.78 is 0. The van der Waals surface area contributed by atoms with Crippen LogP contribution in [0, 0.1) is 0 Å². The molecule has 1 aliphatic carbocycles. The van der Waals surface area contributed by atoms with Crippen molar-refractivity contribution < 1.29 is 0 Å². The number of nitrogens with one attached hydrogen (secondary N) is 1. The van der Waals surface area contributed by atoms with Gasteiger partial charge in [-0.1, -0.05) is 39.0 Å². The highest BCUT2D eigenvalue weighted by molar-refractivity contribution is 7.80. The van der Waals surface area contributed by atoms with Crippen LogP contribution in [0.1, 0.15) is 58.3 Å². The summed E-state index contributed by atoms with van der Waals surface area (Å²) in [5, 5.41) is 4.09. The molecule has 2 nitrogen and oxygen atoms in total. The van der Waals surface area contributed by atoms with Gasteiger partial charge in [0.25, 0.3) is 0 Å². The fourth-order valence-electron chi connectivity index (χ4n) is 2.52. The number of unbranched alkanes of at least 4 members (excludes halogenated alkanes) is 2. The molecule has 0 aromatic heterocycles. The zero-order chi connectivity index (χ0) is 11.8. The van der Waals surface area contributed by atoms with Gasteiger partial charge in [0, 0.05) is 19.6 Å². The molecule has 0 radical (unpaired) electrons. The van der Waals surface area contributed by atoms with Crippen molar-refractivity contribution in [1.29, 1.82) is 0 Å². The van der Waals surface area contributed by atoms with E-state index < -0.39 is 0 Å². The summed E-state index contributed by atoms with van der Waals surface area (Å²) in [6.45, 7) is 3.39. The average molecular weight is 242 g/mol. The van der Waals surface area contributed by atoms with Gasteiger partial charge >= 0.3 is 0 Å². The van der Waals surface area contributed by atoms with E-state index in [4.69, 9.17) is 12.2 Å². The Hall–Kier alpha value is -0.310. The first-order valence-electron chi connectivity index (χ1n) is 6.78.